The molecular formula is C9H16N2O5S. The molecule has 0 radical (unpaired) electrons. The SMILES string of the molecule is CC(NC(=O)NC1(C)CCS(=O)(=O)C1)C(=O)O. The van der Waals surface area contributed by atoms with Crippen molar-refractivity contribution in [3.8, 4) is 0 Å². The van der Waals surface area contributed by atoms with Crippen molar-refractivity contribution in [2.75, 3.05) is 11.5 Å². The molecule has 1 saturated heterocycles. The van der Waals surface area contributed by atoms with E-state index in [0.717, 1.165) is 0 Å². The van der Waals surface area contributed by atoms with Crippen LogP contribution in [0.25, 0.3) is 0 Å². The van der Waals surface area contributed by atoms with Crippen LogP contribution in [0.4, 0.5) is 4.79 Å². The number of hydrogen-bond donors (Lipinski definition) is 3. The molecule has 8 heteroatoms. The lowest BCUT2D eigenvalue weighted by Gasteiger charge is -2.24. The average molecular weight is 264 g/mol. The molecule has 1 heterocycles. The van der Waals surface area contributed by atoms with Gasteiger partial charge in [0.25, 0.3) is 0 Å². The van der Waals surface area contributed by atoms with Crippen molar-refractivity contribution in [3.05, 3.63) is 0 Å². The summed E-state index contributed by atoms with van der Waals surface area (Å²) in [6.45, 7) is 2.96. The Hall–Kier alpha value is -1.31. The van der Waals surface area contributed by atoms with Crippen LogP contribution in [0.1, 0.15) is 20.3 Å². The van der Waals surface area contributed by atoms with Gasteiger partial charge in [-0.25, -0.2) is 13.2 Å². The summed E-state index contributed by atoms with van der Waals surface area (Å²) in [4.78, 5) is 22.0. The summed E-state index contributed by atoms with van der Waals surface area (Å²) in [6, 6.07) is -1.68. The topological polar surface area (TPSA) is 113 Å². The zero-order valence-corrected chi connectivity index (χ0v) is 10.5. The van der Waals surface area contributed by atoms with Crippen LogP contribution >= 0.6 is 0 Å². The number of sulfone groups is 1. The maximum Gasteiger partial charge on any atom is 0.325 e. The third-order valence-electron chi connectivity index (χ3n) is 2.64. The van der Waals surface area contributed by atoms with E-state index in [0.29, 0.717) is 6.42 Å². The van der Waals surface area contributed by atoms with E-state index >= 15 is 0 Å². The average Bonchev–Trinajstić information content (AvgIpc) is 2.39. The molecule has 0 aromatic carbocycles. The summed E-state index contributed by atoms with van der Waals surface area (Å²) in [7, 11) is -3.10. The van der Waals surface area contributed by atoms with Gasteiger partial charge in [-0.2, -0.15) is 0 Å². The van der Waals surface area contributed by atoms with Gasteiger partial charge in [-0.3, -0.25) is 4.79 Å². The number of carboxylic acids is 1. The standard InChI is InChI=1S/C9H16N2O5S/c1-6(7(12)13)10-8(14)11-9(2)3-4-17(15,16)5-9/h6H,3-5H2,1-2H3,(H,12,13)(H2,10,11,14). The van der Waals surface area contributed by atoms with Crippen LogP contribution in [0.3, 0.4) is 0 Å². The van der Waals surface area contributed by atoms with Crippen molar-refractivity contribution in [1.82, 2.24) is 10.6 Å². The van der Waals surface area contributed by atoms with E-state index in [2.05, 4.69) is 10.6 Å². The first kappa shape index (κ1) is 13.8. The normalized spacial score (nSPS) is 28.4. The van der Waals surface area contributed by atoms with Gasteiger partial charge < -0.3 is 15.7 Å². The number of carbonyl (C=O) groups excluding carboxylic acids is 1. The Morgan fingerprint density at radius 1 is 1.41 bits per heavy atom. The van der Waals surface area contributed by atoms with E-state index in [-0.39, 0.29) is 11.5 Å². The maximum atomic E-state index is 11.4. The van der Waals surface area contributed by atoms with Crippen molar-refractivity contribution in [1.29, 1.82) is 0 Å². The molecule has 98 valence electrons. The van der Waals surface area contributed by atoms with E-state index in [1.165, 1.54) is 6.92 Å². The van der Waals surface area contributed by atoms with Gasteiger partial charge in [0, 0.05) is 0 Å². The van der Waals surface area contributed by atoms with Crippen molar-refractivity contribution in [2.45, 2.75) is 31.8 Å². The number of urea groups is 1. The van der Waals surface area contributed by atoms with Gasteiger partial charge in [0.1, 0.15) is 6.04 Å². The molecule has 7 nitrogen and oxygen atoms in total. The van der Waals surface area contributed by atoms with E-state index in [1.807, 2.05) is 0 Å². The number of nitrogens with one attached hydrogen (secondary N) is 2. The Balaban J connectivity index is 2.55. The Labute approximate surface area is 99.5 Å². The molecule has 1 aliphatic heterocycles. The number of amides is 2. The maximum absolute atomic E-state index is 11.4. The summed E-state index contributed by atoms with van der Waals surface area (Å²) in [6.07, 6.45) is 0.338. The lowest BCUT2D eigenvalue weighted by Crippen LogP contribution is -2.53. The molecule has 17 heavy (non-hydrogen) atoms. The highest BCUT2D eigenvalue weighted by Gasteiger charge is 2.39. The Morgan fingerprint density at radius 2 is 2.00 bits per heavy atom. The quantitative estimate of drug-likeness (QED) is 0.626. The predicted molar refractivity (Wildman–Crippen MR) is 60.4 cm³/mol. The number of carbonyl (C=O) groups is 2. The molecular weight excluding hydrogens is 248 g/mol. The van der Waals surface area contributed by atoms with E-state index in [4.69, 9.17) is 5.11 Å². The summed E-state index contributed by atoms with van der Waals surface area (Å²) >= 11 is 0. The fourth-order valence-electron chi connectivity index (χ4n) is 1.68. The fourth-order valence-corrected chi connectivity index (χ4v) is 3.77. The van der Waals surface area contributed by atoms with E-state index in [9.17, 15) is 18.0 Å². The molecule has 1 rings (SSSR count). The second-order valence-electron chi connectivity index (χ2n) is 4.56. The molecule has 3 N–H and O–H groups in total. The van der Waals surface area contributed by atoms with Crippen molar-refractivity contribution >= 4 is 21.8 Å². The Bertz CT molecular complexity index is 433. The fraction of sp³-hybridized carbons (Fsp3) is 0.778. The van der Waals surface area contributed by atoms with Crippen LogP contribution in [0.2, 0.25) is 0 Å². The van der Waals surface area contributed by atoms with E-state index < -0.39 is 33.4 Å². The molecule has 0 spiro atoms. The molecule has 2 amide bonds. The molecule has 2 unspecified atom stereocenters. The summed E-state index contributed by atoms with van der Waals surface area (Å²) in [5, 5.41) is 13.3. The minimum atomic E-state index is -3.10. The smallest absolute Gasteiger partial charge is 0.325 e. The highest BCUT2D eigenvalue weighted by molar-refractivity contribution is 7.91. The predicted octanol–water partition coefficient (Wildman–Crippen LogP) is -0.664. The number of aliphatic carboxylic acids is 1. The number of hydrogen-bond acceptors (Lipinski definition) is 4. The van der Waals surface area contributed by atoms with Gasteiger partial charge in [-0.15, -0.1) is 0 Å². The largest absolute Gasteiger partial charge is 0.480 e. The lowest BCUT2D eigenvalue weighted by atomic mass is 10.0. The van der Waals surface area contributed by atoms with Gasteiger partial charge in [-0.05, 0) is 20.3 Å². The highest BCUT2D eigenvalue weighted by Crippen LogP contribution is 2.22. The highest BCUT2D eigenvalue weighted by atomic mass is 32.2. The second-order valence-corrected chi connectivity index (χ2v) is 6.75. The Morgan fingerprint density at radius 3 is 2.41 bits per heavy atom. The minimum absolute atomic E-state index is 0.0399. The molecule has 0 aromatic rings. The first-order chi connectivity index (χ1) is 7.64. The van der Waals surface area contributed by atoms with Crippen LogP contribution < -0.4 is 10.6 Å². The molecule has 1 aliphatic rings. The van der Waals surface area contributed by atoms with Gasteiger partial charge in [-0.1, -0.05) is 0 Å². The number of rotatable bonds is 3. The van der Waals surface area contributed by atoms with Gasteiger partial charge >= 0.3 is 12.0 Å². The minimum Gasteiger partial charge on any atom is -0.480 e. The van der Waals surface area contributed by atoms with Crippen LogP contribution in [0, 0.1) is 0 Å². The van der Waals surface area contributed by atoms with E-state index in [1.54, 1.807) is 6.92 Å². The lowest BCUT2D eigenvalue weighted by molar-refractivity contribution is -0.138. The van der Waals surface area contributed by atoms with Crippen LogP contribution in [0.5, 0.6) is 0 Å². The second kappa shape index (κ2) is 4.52. The molecule has 0 aliphatic carbocycles. The number of carboxylic acid groups (broad SMARTS) is 1. The van der Waals surface area contributed by atoms with Crippen LogP contribution in [-0.4, -0.2) is 48.6 Å². The van der Waals surface area contributed by atoms with Crippen molar-refractivity contribution < 1.29 is 23.1 Å². The monoisotopic (exact) mass is 264 g/mol. The van der Waals surface area contributed by atoms with Crippen molar-refractivity contribution in [2.24, 2.45) is 0 Å². The zero-order chi connectivity index (χ0) is 13.3. The Kier molecular flexibility index (Phi) is 3.65. The van der Waals surface area contributed by atoms with Gasteiger partial charge in [0.05, 0.1) is 17.0 Å². The van der Waals surface area contributed by atoms with Crippen molar-refractivity contribution in [3.63, 3.8) is 0 Å². The van der Waals surface area contributed by atoms with Gasteiger partial charge in [0.15, 0.2) is 9.84 Å². The molecule has 1 fully saturated rings. The third-order valence-corrected chi connectivity index (χ3v) is 4.54. The first-order valence-corrected chi connectivity index (χ1v) is 6.98. The van der Waals surface area contributed by atoms with Crippen LogP contribution in [-0.2, 0) is 14.6 Å². The summed E-state index contributed by atoms with van der Waals surface area (Å²) < 4.78 is 22.6. The molecule has 0 bridgehead atoms. The summed E-state index contributed by atoms with van der Waals surface area (Å²) in [5.41, 5.74) is -0.818. The molecule has 0 saturated carbocycles. The zero-order valence-electron chi connectivity index (χ0n) is 9.69. The summed E-state index contributed by atoms with van der Waals surface area (Å²) in [5.74, 6) is -1.23. The third kappa shape index (κ3) is 3.88. The van der Waals surface area contributed by atoms with Gasteiger partial charge in [0.2, 0.25) is 0 Å². The molecule has 0 aromatic heterocycles. The van der Waals surface area contributed by atoms with Crippen LogP contribution in [0.15, 0.2) is 0 Å². The first-order valence-electron chi connectivity index (χ1n) is 5.15. The molecule has 2 atom stereocenters.